The van der Waals surface area contributed by atoms with Crippen molar-refractivity contribution >= 4 is 7.82 Å². The molecule has 28 heavy (non-hydrogen) atoms. The van der Waals surface area contributed by atoms with Crippen molar-refractivity contribution in [2.75, 3.05) is 27.4 Å². The van der Waals surface area contributed by atoms with E-state index in [0.717, 1.165) is 12.8 Å². The fourth-order valence-electron chi connectivity index (χ4n) is 3.43. The predicted molar refractivity (Wildman–Crippen MR) is 113 cm³/mol. The van der Waals surface area contributed by atoms with Crippen LogP contribution < -0.4 is 0 Å². The van der Waals surface area contributed by atoms with Gasteiger partial charge in [0.2, 0.25) is 0 Å². The first-order valence-electron chi connectivity index (χ1n) is 11.3. The molecule has 0 saturated carbocycles. The molecule has 2 atom stereocenters. The van der Waals surface area contributed by atoms with E-state index in [2.05, 4.69) is 6.92 Å². The van der Waals surface area contributed by atoms with Gasteiger partial charge in [0.25, 0.3) is 0 Å². The molecule has 1 aliphatic rings. The molecule has 0 radical (unpaired) electrons. The third-order valence-corrected chi connectivity index (χ3v) is 6.58. The standard InChI is InChI=1S/C21H43O6P/c1-4-5-6-7-8-9-10-11-12-13-14-15-16-17-21-25-18-20(27-21)19-26-28(22,23-2)24-3/h20-21H,4-19H2,1-3H3/t20-,21+/m0/s1. The lowest BCUT2D eigenvalue weighted by molar-refractivity contribution is -0.0702. The van der Waals surface area contributed by atoms with Crippen LogP contribution in [0.25, 0.3) is 0 Å². The SMILES string of the molecule is CCCCCCCCCCCCCCC[C@@H]1OC[C@@H](COP(=O)(OC)OC)O1. The fourth-order valence-corrected chi connectivity index (χ4v) is 4.14. The second-order valence-electron chi connectivity index (χ2n) is 7.66. The summed E-state index contributed by atoms with van der Waals surface area (Å²) in [5.41, 5.74) is 0. The maximum absolute atomic E-state index is 11.8. The Labute approximate surface area is 172 Å². The van der Waals surface area contributed by atoms with Crippen LogP contribution in [-0.2, 0) is 27.6 Å². The van der Waals surface area contributed by atoms with Crippen molar-refractivity contribution in [3.8, 4) is 0 Å². The summed E-state index contributed by atoms with van der Waals surface area (Å²) in [4.78, 5) is 0. The smallest absolute Gasteiger partial charge is 0.350 e. The van der Waals surface area contributed by atoms with E-state index in [-0.39, 0.29) is 19.0 Å². The van der Waals surface area contributed by atoms with Crippen molar-refractivity contribution in [3.05, 3.63) is 0 Å². The first-order chi connectivity index (χ1) is 13.6. The van der Waals surface area contributed by atoms with Crippen molar-refractivity contribution < 1.29 is 27.6 Å². The fraction of sp³-hybridized carbons (Fsp3) is 1.00. The minimum atomic E-state index is -3.44. The number of phosphoric ester groups is 1. The molecule has 1 heterocycles. The van der Waals surface area contributed by atoms with Gasteiger partial charge >= 0.3 is 7.82 Å². The zero-order chi connectivity index (χ0) is 20.5. The molecule has 0 aromatic carbocycles. The molecule has 0 bridgehead atoms. The highest BCUT2D eigenvalue weighted by Crippen LogP contribution is 2.47. The van der Waals surface area contributed by atoms with Crippen molar-refractivity contribution in [3.63, 3.8) is 0 Å². The zero-order valence-corrected chi connectivity index (χ0v) is 19.3. The number of phosphoric acid groups is 1. The van der Waals surface area contributed by atoms with Crippen LogP contribution in [0.4, 0.5) is 0 Å². The van der Waals surface area contributed by atoms with Crippen molar-refractivity contribution in [1.29, 1.82) is 0 Å². The third kappa shape index (κ3) is 12.6. The van der Waals surface area contributed by atoms with Gasteiger partial charge in [-0.15, -0.1) is 0 Å². The first-order valence-corrected chi connectivity index (χ1v) is 12.7. The van der Waals surface area contributed by atoms with Gasteiger partial charge in [-0.2, -0.15) is 0 Å². The Bertz CT molecular complexity index is 398. The van der Waals surface area contributed by atoms with Crippen LogP contribution in [-0.4, -0.2) is 39.8 Å². The molecular formula is C21H43O6P. The first kappa shape index (κ1) is 26.1. The minimum Gasteiger partial charge on any atom is -0.350 e. The highest BCUT2D eigenvalue weighted by atomic mass is 31.2. The molecule has 1 saturated heterocycles. The molecule has 0 N–H and O–H groups in total. The van der Waals surface area contributed by atoms with E-state index in [1.807, 2.05) is 0 Å². The van der Waals surface area contributed by atoms with E-state index in [1.165, 1.54) is 91.3 Å². The predicted octanol–water partition coefficient (Wildman–Crippen LogP) is 6.63. The van der Waals surface area contributed by atoms with E-state index in [0.29, 0.717) is 6.61 Å². The highest BCUT2D eigenvalue weighted by molar-refractivity contribution is 7.48. The average molecular weight is 423 g/mol. The van der Waals surface area contributed by atoms with Gasteiger partial charge in [0.1, 0.15) is 6.10 Å². The van der Waals surface area contributed by atoms with Crippen LogP contribution >= 0.6 is 7.82 Å². The Morgan fingerprint density at radius 3 is 1.82 bits per heavy atom. The second kappa shape index (κ2) is 16.8. The average Bonchev–Trinajstić information content (AvgIpc) is 3.17. The molecule has 1 aliphatic heterocycles. The lowest BCUT2D eigenvalue weighted by Crippen LogP contribution is -2.18. The van der Waals surface area contributed by atoms with Gasteiger partial charge in [-0.05, 0) is 12.8 Å². The summed E-state index contributed by atoms with van der Waals surface area (Å²) < 4.78 is 37.9. The van der Waals surface area contributed by atoms with E-state index in [1.54, 1.807) is 0 Å². The monoisotopic (exact) mass is 422 g/mol. The van der Waals surface area contributed by atoms with Gasteiger partial charge in [0, 0.05) is 14.2 Å². The summed E-state index contributed by atoms with van der Waals surface area (Å²) in [6.07, 6.45) is 18.0. The molecule has 7 heteroatoms. The molecule has 0 aromatic heterocycles. The molecular weight excluding hydrogens is 379 g/mol. The Hall–Kier alpha value is 0.0300. The minimum absolute atomic E-state index is 0.147. The zero-order valence-electron chi connectivity index (χ0n) is 18.4. The van der Waals surface area contributed by atoms with Gasteiger partial charge in [-0.25, -0.2) is 4.57 Å². The Kier molecular flexibility index (Phi) is 15.6. The Balaban J connectivity index is 1.88. The number of rotatable bonds is 19. The molecule has 0 aromatic rings. The Morgan fingerprint density at radius 1 is 0.821 bits per heavy atom. The van der Waals surface area contributed by atoms with Gasteiger partial charge in [0.15, 0.2) is 6.29 Å². The Morgan fingerprint density at radius 2 is 1.32 bits per heavy atom. The normalized spacial score (nSPS) is 20.1. The number of unbranched alkanes of at least 4 members (excludes halogenated alkanes) is 12. The topological polar surface area (TPSA) is 63.2 Å². The van der Waals surface area contributed by atoms with E-state index >= 15 is 0 Å². The molecule has 6 nitrogen and oxygen atoms in total. The molecule has 0 aliphatic carbocycles. The molecule has 0 amide bonds. The van der Waals surface area contributed by atoms with Gasteiger partial charge in [-0.3, -0.25) is 13.6 Å². The summed E-state index contributed by atoms with van der Waals surface area (Å²) in [5.74, 6) is 0. The summed E-state index contributed by atoms with van der Waals surface area (Å²) in [6.45, 7) is 2.87. The lowest BCUT2D eigenvalue weighted by Gasteiger charge is -2.16. The van der Waals surface area contributed by atoms with Crippen LogP contribution in [0.3, 0.4) is 0 Å². The van der Waals surface area contributed by atoms with Crippen LogP contribution in [0.15, 0.2) is 0 Å². The van der Waals surface area contributed by atoms with E-state index in [4.69, 9.17) is 23.0 Å². The summed E-state index contributed by atoms with van der Waals surface area (Å²) >= 11 is 0. The molecule has 0 unspecified atom stereocenters. The third-order valence-electron chi connectivity index (χ3n) is 5.22. The number of hydrogen-bond donors (Lipinski definition) is 0. The number of hydrogen-bond acceptors (Lipinski definition) is 6. The maximum Gasteiger partial charge on any atom is 0.474 e. The number of ether oxygens (including phenoxy) is 2. The van der Waals surface area contributed by atoms with Crippen molar-refractivity contribution in [2.45, 2.75) is 109 Å². The lowest BCUT2D eigenvalue weighted by atomic mass is 10.0. The molecule has 1 rings (SSSR count). The van der Waals surface area contributed by atoms with Crippen molar-refractivity contribution in [2.24, 2.45) is 0 Å². The summed E-state index contributed by atoms with van der Waals surface area (Å²) in [7, 11) is -0.841. The van der Waals surface area contributed by atoms with E-state index in [9.17, 15) is 4.57 Å². The van der Waals surface area contributed by atoms with Crippen molar-refractivity contribution in [1.82, 2.24) is 0 Å². The highest BCUT2D eigenvalue weighted by Gasteiger charge is 2.30. The molecule has 0 spiro atoms. The van der Waals surface area contributed by atoms with Gasteiger partial charge in [-0.1, -0.05) is 84.0 Å². The van der Waals surface area contributed by atoms with Gasteiger partial charge in [0.05, 0.1) is 13.2 Å². The summed E-state index contributed by atoms with van der Waals surface area (Å²) in [6, 6.07) is 0. The quantitative estimate of drug-likeness (QED) is 0.172. The maximum atomic E-state index is 11.8. The second-order valence-corrected chi connectivity index (χ2v) is 9.54. The van der Waals surface area contributed by atoms with Crippen LogP contribution in [0.2, 0.25) is 0 Å². The van der Waals surface area contributed by atoms with E-state index < -0.39 is 7.82 Å². The largest absolute Gasteiger partial charge is 0.474 e. The van der Waals surface area contributed by atoms with Crippen LogP contribution in [0, 0.1) is 0 Å². The molecule has 168 valence electrons. The van der Waals surface area contributed by atoms with Crippen LogP contribution in [0.5, 0.6) is 0 Å². The van der Waals surface area contributed by atoms with Gasteiger partial charge < -0.3 is 9.47 Å². The van der Waals surface area contributed by atoms with Crippen LogP contribution in [0.1, 0.15) is 96.8 Å². The molecule has 1 fully saturated rings. The summed E-state index contributed by atoms with van der Waals surface area (Å²) in [5, 5.41) is 0.